The van der Waals surface area contributed by atoms with Crippen molar-refractivity contribution in [1.82, 2.24) is 0 Å². The van der Waals surface area contributed by atoms with Crippen molar-refractivity contribution in [2.24, 2.45) is 0 Å². The molecule has 0 fully saturated rings. The molecule has 0 amide bonds. The van der Waals surface area contributed by atoms with Gasteiger partial charge in [0.2, 0.25) is 0 Å². The zero-order chi connectivity index (χ0) is 8.97. The smallest absolute Gasteiger partial charge is 0.104 e. The van der Waals surface area contributed by atoms with Gasteiger partial charge in [0.25, 0.3) is 0 Å². The van der Waals surface area contributed by atoms with Gasteiger partial charge in [0.1, 0.15) is 6.61 Å². The molecule has 0 saturated heterocycles. The van der Waals surface area contributed by atoms with Gasteiger partial charge in [-0.2, -0.15) is 0 Å². The zero-order valence-corrected chi connectivity index (χ0v) is 7.93. The largest absolute Gasteiger partial charge is 0.398 e. The molecule has 0 radical (unpaired) electrons. The molecule has 0 heterocycles. The highest BCUT2D eigenvalue weighted by atomic mass is 79.9. The van der Waals surface area contributed by atoms with Gasteiger partial charge in [-0.25, -0.2) is 0 Å². The highest BCUT2D eigenvalue weighted by Gasteiger charge is 1.94. The average Bonchev–Trinajstić information content (AvgIpc) is 2.03. The number of benzene rings is 1. The van der Waals surface area contributed by atoms with Crippen LogP contribution in [0.5, 0.6) is 0 Å². The Bertz CT molecular complexity index is 338. The third kappa shape index (κ3) is 2.26. The van der Waals surface area contributed by atoms with Crippen molar-refractivity contribution in [2.45, 2.75) is 0 Å². The number of aliphatic hydroxyl groups is 1. The van der Waals surface area contributed by atoms with Crippen molar-refractivity contribution in [3.05, 3.63) is 28.2 Å². The van der Waals surface area contributed by atoms with Crippen LogP contribution in [-0.2, 0) is 0 Å². The minimum Gasteiger partial charge on any atom is -0.398 e. The lowest BCUT2D eigenvalue weighted by Crippen LogP contribution is -1.89. The molecule has 1 aromatic rings. The first-order chi connectivity index (χ1) is 5.74. The lowest BCUT2D eigenvalue weighted by atomic mass is 10.2. The Hall–Kier alpha value is -0.980. The van der Waals surface area contributed by atoms with Gasteiger partial charge in [0, 0.05) is 15.7 Å². The zero-order valence-electron chi connectivity index (χ0n) is 6.34. The fourth-order valence-corrected chi connectivity index (χ4v) is 1.16. The number of hydrogen-bond donors (Lipinski definition) is 2. The molecule has 1 rings (SSSR count). The van der Waals surface area contributed by atoms with Crippen LogP contribution < -0.4 is 5.73 Å². The van der Waals surface area contributed by atoms with Gasteiger partial charge < -0.3 is 10.8 Å². The van der Waals surface area contributed by atoms with Crippen LogP contribution in [0.3, 0.4) is 0 Å². The van der Waals surface area contributed by atoms with E-state index in [0.29, 0.717) is 5.69 Å². The topological polar surface area (TPSA) is 46.2 Å². The molecule has 0 aromatic heterocycles. The lowest BCUT2D eigenvalue weighted by Gasteiger charge is -1.97. The predicted molar refractivity (Wildman–Crippen MR) is 52.5 cm³/mol. The quantitative estimate of drug-likeness (QED) is 0.518. The van der Waals surface area contributed by atoms with E-state index in [9.17, 15) is 0 Å². The fourth-order valence-electron chi connectivity index (χ4n) is 0.782. The Morgan fingerprint density at radius 1 is 1.50 bits per heavy atom. The molecule has 3 heteroatoms. The van der Waals surface area contributed by atoms with E-state index in [2.05, 4.69) is 27.8 Å². The van der Waals surface area contributed by atoms with E-state index >= 15 is 0 Å². The number of nitrogen functional groups attached to an aromatic ring is 1. The van der Waals surface area contributed by atoms with E-state index < -0.39 is 0 Å². The summed E-state index contributed by atoms with van der Waals surface area (Å²) in [5.74, 6) is 5.28. The molecule has 3 N–H and O–H groups in total. The Kier molecular flexibility index (Phi) is 3.15. The summed E-state index contributed by atoms with van der Waals surface area (Å²) in [6, 6.07) is 5.45. The molecule has 0 aliphatic heterocycles. The first-order valence-electron chi connectivity index (χ1n) is 3.39. The van der Waals surface area contributed by atoms with Gasteiger partial charge in [-0.05, 0) is 18.2 Å². The number of halogens is 1. The number of rotatable bonds is 0. The second-order valence-corrected chi connectivity index (χ2v) is 3.11. The molecule has 0 atom stereocenters. The van der Waals surface area contributed by atoms with Gasteiger partial charge in [0.05, 0.1) is 0 Å². The van der Waals surface area contributed by atoms with Crippen LogP contribution in [0.15, 0.2) is 22.7 Å². The molecule has 0 unspecified atom stereocenters. The molecule has 0 bridgehead atoms. The van der Waals surface area contributed by atoms with Crippen LogP contribution in [0.4, 0.5) is 5.69 Å². The molecule has 12 heavy (non-hydrogen) atoms. The minimum absolute atomic E-state index is 0.143. The van der Waals surface area contributed by atoms with Gasteiger partial charge in [0.15, 0.2) is 0 Å². The standard InChI is InChI=1S/C9H8BrNO/c10-8-4-3-7(2-1-5-12)9(11)6-8/h3-4,6,12H,5,11H2. The summed E-state index contributed by atoms with van der Waals surface area (Å²) in [4.78, 5) is 0. The van der Waals surface area contributed by atoms with Crippen LogP contribution >= 0.6 is 15.9 Å². The molecule has 0 spiro atoms. The highest BCUT2D eigenvalue weighted by Crippen LogP contribution is 2.17. The first kappa shape index (κ1) is 9.11. The van der Waals surface area contributed by atoms with Crippen LogP contribution in [-0.4, -0.2) is 11.7 Å². The summed E-state index contributed by atoms with van der Waals surface area (Å²) in [6.45, 7) is -0.143. The van der Waals surface area contributed by atoms with Crippen LogP contribution in [0.25, 0.3) is 0 Å². The summed E-state index contributed by atoms with van der Waals surface area (Å²) < 4.78 is 0.926. The monoisotopic (exact) mass is 225 g/mol. The summed E-state index contributed by atoms with van der Waals surface area (Å²) in [5, 5.41) is 8.45. The Morgan fingerprint density at radius 3 is 2.83 bits per heavy atom. The summed E-state index contributed by atoms with van der Waals surface area (Å²) in [6.07, 6.45) is 0. The van der Waals surface area contributed by atoms with Crippen molar-refractivity contribution in [3.8, 4) is 11.8 Å². The van der Waals surface area contributed by atoms with Crippen molar-refractivity contribution < 1.29 is 5.11 Å². The minimum atomic E-state index is -0.143. The van der Waals surface area contributed by atoms with E-state index in [0.717, 1.165) is 10.0 Å². The Labute approximate surface area is 79.5 Å². The number of nitrogens with two attached hydrogens (primary N) is 1. The Morgan fingerprint density at radius 2 is 2.25 bits per heavy atom. The van der Waals surface area contributed by atoms with Crippen LogP contribution in [0.1, 0.15) is 5.56 Å². The lowest BCUT2D eigenvalue weighted by molar-refractivity contribution is 0.350. The SMILES string of the molecule is Nc1cc(Br)ccc1C#CCO. The van der Waals surface area contributed by atoms with Crippen molar-refractivity contribution in [2.75, 3.05) is 12.3 Å². The molecular formula is C9H8BrNO. The van der Waals surface area contributed by atoms with Gasteiger partial charge in [-0.3, -0.25) is 0 Å². The van der Waals surface area contributed by atoms with E-state index in [1.54, 1.807) is 6.07 Å². The summed E-state index contributed by atoms with van der Waals surface area (Å²) >= 11 is 3.29. The Balaban J connectivity index is 3.01. The number of hydrogen-bond acceptors (Lipinski definition) is 2. The van der Waals surface area contributed by atoms with Crippen molar-refractivity contribution >= 4 is 21.6 Å². The van der Waals surface area contributed by atoms with Crippen LogP contribution in [0.2, 0.25) is 0 Å². The highest BCUT2D eigenvalue weighted by molar-refractivity contribution is 9.10. The van der Waals surface area contributed by atoms with E-state index in [1.165, 1.54) is 0 Å². The maximum atomic E-state index is 8.45. The van der Waals surface area contributed by atoms with E-state index in [4.69, 9.17) is 10.8 Å². The number of anilines is 1. The average molecular weight is 226 g/mol. The van der Waals surface area contributed by atoms with E-state index in [-0.39, 0.29) is 6.61 Å². The normalized spacial score (nSPS) is 8.83. The second kappa shape index (κ2) is 4.15. The van der Waals surface area contributed by atoms with E-state index in [1.807, 2.05) is 12.1 Å². The second-order valence-electron chi connectivity index (χ2n) is 2.19. The molecule has 0 saturated carbocycles. The molecular weight excluding hydrogens is 218 g/mol. The molecule has 1 aromatic carbocycles. The fraction of sp³-hybridized carbons (Fsp3) is 0.111. The third-order valence-corrected chi connectivity index (χ3v) is 1.81. The molecule has 62 valence electrons. The van der Waals surface area contributed by atoms with Crippen molar-refractivity contribution in [3.63, 3.8) is 0 Å². The molecule has 0 aliphatic carbocycles. The maximum absolute atomic E-state index is 8.45. The molecule has 0 aliphatic rings. The summed E-state index contributed by atoms with van der Waals surface area (Å²) in [7, 11) is 0. The molecule has 2 nitrogen and oxygen atoms in total. The van der Waals surface area contributed by atoms with Gasteiger partial charge in [-0.1, -0.05) is 27.8 Å². The van der Waals surface area contributed by atoms with Gasteiger partial charge in [-0.15, -0.1) is 0 Å². The van der Waals surface area contributed by atoms with Gasteiger partial charge >= 0.3 is 0 Å². The predicted octanol–water partition coefficient (Wildman–Crippen LogP) is 1.38. The third-order valence-electron chi connectivity index (χ3n) is 1.32. The van der Waals surface area contributed by atoms with Crippen LogP contribution in [0, 0.1) is 11.8 Å². The first-order valence-corrected chi connectivity index (χ1v) is 4.18. The number of aliphatic hydroxyl groups excluding tert-OH is 1. The van der Waals surface area contributed by atoms with Crippen molar-refractivity contribution in [1.29, 1.82) is 0 Å². The summed E-state index contributed by atoms with van der Waals surface area (Å²) in [5.41, 5.74) is 7.01. The maximum Gasteiger partial charge on any atom is 0.104 e.